The molecule has 4 aromatic rings. The second-order valence-corrected chi connectivity index (χ2v) is 6.80. The third-order valence-corrected chi connectivity index (χ3v) is 4.81. The number of benzene rings is 2. The molecule has 0 saturated carbocycles. The predicted molar refractivity (Wildman–Crippen MR) is 111 cm³/mol. The molecule has 0 spiro atoms. The van der Waals surface area contributed by atoms with Gasteiger partial charge in [-0.3, -0.25) is 9.78 Å². The van der Waals surface area contributed by atoms with Gasteiger partial charge in [0.2, 0.25) is 5.78 Å². The number of hydrogen-bond donors (Lipinski definition) is 0. The molecule has 0 aliphatic carbocycles. The highest BCUT2D eigenvalue weighted by molar-refractivity contribution is 6.08. The Morgan fingerprint density at radius 3 is 2.79 bits per heavy atom. The number of nitrogens with zero attached hydrogens (tertiary/aromatic N) is 2. The highest BCUT2D eigenvalue weighted by atomic mass is 16.5. The van der Waals surface area contributed by atoms with Crippen LogP contribution in [0.2, 0.25) is 0 Å². The number of aryl methyl sites for hydroxylation is 1. The third kappa shape index (κ3) is 3.54. The number of ether oxygens (including phenoxy) is 1. The van der Waals surface area contributed by atoms with Crippen molar-refractivity contribution in [1.82, 2.24) is 9.55 Å². The first-order chi connectivity index (χ1) is 13.7. The quantitative estimate of drug-likeness (QED) is 0.448. The molecule has 4 rings (SSSR count). The highest BCUT2D eigenvalue weighted by Crippen LogP contribution is 2.22. The summed E-state index contributed by atoms with van der Waals surface area (Å²) in [5.74, 6) is 0.741. The van der Waals surface area contributed by atoms with Crippen LogP contribution in [0.1, 0.15) is 34.1 Å². The minimum atomic E-state index is -0.0142. The second kappa shape index (κ2) is 7.69. The van der Waals surface area contributed by atoms with Gasteiger partial charge in [0.25, 0.3) is 0 Å². The second-order valence-electron chi connectivity index (χ2n) is 6.80. The molecule has 4 heteroatoms. The van der Waals surface area contributed by atoms with Crippen LogP contribution < -0.4 is 4.74 Å². The Labute approximate surface area is 164 Å². The largest absolute Gasteiger partial charge is 0.494 e. The van der Waals surface area contributed by atoms with Crippen molar-refractivity contribution in [3.05, 3.63) is 95.4 Å². The molecule has 0 bridgehead atoms. The first kappa shape index (κ1) is 18.0. The molecule has 0 N–H and O–H groups in total. The van der Waals surface area contributed by atoms with E-state index in [0.29, 0.717) is 24.4 Å². The molecule has 0 fully saturated rings. The van der Waals surface area contributed by atoms with Gasteiger partial charge in [0, 0.05) is 29.9 Å². The molecule has 0 atom stereocenters. The van der Waals surface area contributed by atoms with Gasteiger partial charge in [0.05, 0.1) is 17.8 Å². The summed E-state index contributed by atoms with van der Waals surface area (Å²) in [7, 11) is 0. The van der Waals surface area contributed by atoms with Gasteiger partial charge in [-0.15, -0.1) is 0 Å². The summed E-state index contributed by atoms with van der Waals surface area (Å²) in [6, 6.07) is 19.5. The number of para-hydroxylation sites is 1. The Bertz CT molecular complexity index is 1140. The standard InChI is InChI=1S/C24H22N2O2/c1-3-28-23-14-20(11-10-17(23)2)24(27)22-9-6-12-26(22)16-18-13-19-7-4-5-8-21(19)25-15-18/h4-15H,3,16H2,1-2H3. The van der Waals surface area contributed by atoms with E-state index in [9.17, 15) is 4.79 Å². The summed E-state index contributed by atoms with van der Waals surface area (Å²) >= 11 is 0. The van der Waals surface area contributed by atoms with E-state index in [1.54, 1.807) is 0 Å². The lowest BCUT2D eigenvalue weighted by atomic mass is 10.1. The van der Waals surface area contributed by atoms with E-state index in [4.69, 9.17) is 4.74 Å². The normalized spacial score (nSPS) is 10.9. The number of aromatic nitrogens is 2. The molecule has 2 heterocycles. The van der Waals surface area contributed by atoms with Crippen molar-refractivity contribution < 1.29 is 9.53 Å². The Morgan fingerprint density at radius 1 is 1.07 bits per heavy atom. The summed E-state index contributed by atoms with van der Waals surface area (Å²) in [5.41, 5.74) is 4.34. The molecular weight excluding hydrogens is 348 g/mol. The zero-order chi connectivity index (χ0) is 19.5. The Balaban J connectivity index is 1.63. The van der Waals surface area contributed by atoms with Gasteiger partial charge in [-0.05, 0) is 55.3 Å². The topological polar surface area (TPSA) is 44.1 Å². The number of ketones is 1. The average Bonchev–Trinajstić information content (AvgIpc) is 3.17. The van der Waals surface area contributed by atoms with Gasteiger partial charge in [0.1, 0.15) is 5.75 Å². The Hall–Kier alpha value is -3.40. The molecule has 0 aliphatic rings. The van der Waals surface area contributed by atoms with Crippen molar-refractivity contribution in [2.24, 2.45) is 0 Å². The molecule has 0 radical (unpaired) electrons. The van der Waals surface area contributed by atoms with Crippen LogP contribution in [0.5, 0.6) is 5.75 Å². The van der Waals surface area contributed by atoms with E-state index in [0.717, 1.165) is 27.8 Å². The summed E-state index contributed by atoms with van der Waals surface area (Å²) in [5, 5.41) is 1.10. The third-order valence-electron chi connectivity index (χ3n) is 4.81. The molecule has 0 amide bonds. The lowest BCUT2D eigenvalue weighted by Gasteiger charge is -2.11. The van der Waals surface area contributed by atoms with Crippen molar-refractivity contribution in [3.8, 4) is 5.75 Å². The fourth-order valence-electron chi connectivity index (χ4n) is 3.36. The number of rotatable bonds is 6. The summed E-state index contributed by atoms with van der Waals surface area (Å²) in [6.45, 7) is 5.09. The van der Waals surface area contributed by atoms with Crippen molar-refractivity contribution in [2.75, 3.05) is 6.61 Å². The molecule has 2 aromatic heterocycles. The van der Waals surface area contributed by atoms with Gasteiger partial charge in [-0.1, -0.05) is 30.3 Å². The van der Waals surface area contributed by atoms with Crippen molar-refractivity contribution in [3.63, 3.8) is 0 Å². The van der Waals surface area contributed by atoms with Gasteiger partial charge in [-0.25, -0.2) is 0 Å². The van der Waals surface area contributed by atoms with Gasteiger partial charge in [-0.2, -0.15) is 0 Å². The summed E-state index contributed by atoms with van der Waals surface area (Å²) < 4.78 is 7.61. The molecular formula is C24H22N2O2. The lowest BCUT2D eigenvalue weighted by molar-refractivity contribution is 0.103. The van der Waals surface area contributed by atoms with Crippen LogP contribution in [-0.4, -0.2) is 21.9 Å². The van der Waals surface area contributed by atoms with Gasteiger partial charge in [0.15, 0.2) is 0 Å². The van der Waals surface area contributed by atoms with E-state index in [1.165, 1.54) is 0 Å². The van der Waals surface area contributed by atoms with Crippen molar-refractivity contribution >= 4 is 16.7 Å². The number of carbonyl (C=O) groups is 1. The van der Waals surface area contributed by atoms with E-state index in [1.807, 2.05) is 79.3 Å². The fourth-order valence-corrected chi connectivity index (χ4v) is 3.36. The van der Waals surface area contributed by atoms with Gasteiger partial charge < -0.3 is 9.30 Å². The molecule has 140 valence electrons. The van der Waals surface area contributed by atoms with Crippen LogP contribution in [0.25, 0.3) is 10.9 Å². The average molecular weight is 370 g/mol. The molecule has 0 unspecified atom stereocenters. The number of carbonyl (C=O) groups excluding carboxylic acids is 1. The molecule has 0 saturated heterocycles. The maximum Gasteiger partial charge on any atom is 0.209 e. The maximum atomic E-state index is 13.1. The smallest absolute Gasteiger partial charge is 0.209 e. The molecule has 28 heavy (non-hydrogen) atoms. The van der Waals surface area contributed by atoms with E-state index < -0.39 is 0 Å². The van der Waals surface area contributed by atoms with Crippen molar-refractivity contribution in [1.29, 1.82) is 0 Å². The van der Waals surface area contributed by atoms with E-state index >= 15 is 0 Å². The fraction of sp³-hybridized carbons (Fsp3) is 0.167. The maximum absolute atomic E-state index is 13.1. The number of fused-ring (bicyclic) bond motifs is 1. The first-order valence-electron chi connectivity index (χ1n) is 9.42. The summed E-state index contributed by atoms with van der Waals surface area (Å²) in [4.78, 5) is 17.6. The van der Waals surface area contributed by atoms with Gasteiger partial charge >= 0.3 is 0 Å². The molecule has 0 aliphatic heterocycles. The zero-order valence-corrected chi connectivity index (χ0v) is 16.1. The lowest BCUT2D eigenvalue weighted by Crippen LogP contribution is -2.11. The monoisotopic (exact) mass is 370 g/mol. The molecule has 4 nitrogen and oxygen atoms in total. The minimum absolute atomic E-state index is 0.0142. The summed E-state index contributed by atoms with van der Waals surface area (Å²) in [6.07, 6.45) is 3.80. The SMILES string of the molecule is CCOc1cc(C(=O)c2cccn2Cc2cnc3ccccc3c2)ccc1C. The zero-order valence-electron chi connectivity index (χ0n) is 16.1. The van der Waals surface area contributed by atoms with Crippen LogP contribution >= 0.6 is 0 Å². The van der Waals surface area contributed by atoms with Crippen molar-refractivity contribution in [2.45, 2.75) is 20.4 Å². The van der Waals surface area contributed by atoms with E-state index in [2.05, 4.69) is 17.1 Å². The van der Waals surface area contributed by atoms with E-state index in [-0.39, 0.29) is 5.78 Å². The first-order valence-corrected chi connectivity index (χ1v) is 9.42. The number of pyridine rings is 1. The van der Waals surface area contributed by atoms with Crippen LogP contribution in [0.15, 0.2) is 73.1 Å². The minimum Gasteiger partial charge on any atom is -0.494 e. The van der Waals surface area contributed by atoms with Crippen LogP contribution in [0, 0.1) is 6.92 Å². The van der Waals surface area contributed by atoms with Crippen LogP contribution in [-0.2, 0) is 6.54 Å². The Kier molecular flexibility index (Phi) is 4.94. The van der Waals surface area contributed by atoms with Crippen LogP contribution in [0.3, 0.4) is 0 Å². The predicted octanol–water partition coefficient (Wildman–Crippen LogP) is 5.02. The molecule has 2 aromatic carbocycles. The Morgan fingerprint density at radius 2 is 1.93 bits per heavy atom. The number of hydrogen-bond acceptors (Lipinski definition) is 3. The highest BCUT2D eigenvalue weighted by Gasteiger charge is 2.15. The van der Waals surface area contributed by atoms with Crippen LogP contribution in [0.4, 0.5) is 0 Å².